The molecule has 8 heteroatoms. The Balaban J connectivity index is 0.00000225. The molecule has 0 aliphatic heterocycles. The van der Waals surface area contributed by atoms with Gasteiger partial charge in [0.05, 0.1) is 18.3 Å². The van der Waals surface area contributed by atoms with E-state index in [9.17, 15) is 4.79 Å². The molecule has 2 heterocycles. The van der Waals surface area contributed by atoms with Gasteiger partial charge >= 0.3 is 0 Å². The first-order valence-corrected chi connectivity index (χ1v) is 8.39. The van der Waals surface area contributed by atoms with Gasteiger partial charge < -0.3 is 20.8 Å². The first-order chi connectivity index (χ1) is 13.2. The first kappa shape index (κ1) is 19.2. The number of nitrogens with two attached hydrogens (primary N) is 1. The number of hydrogen-bond donors (Lipinski definition) is 3. The van der Waals surface area contributed by atoms with E-state index < -0.39 is 5.91 Å². The summed E-state index contributed by atoms with van der Waals surface area (Å²) in [6.45, 7) is 0.515. The number of fused-ring (bicyclic) bond motifs is 1. The third kappa shape index (κ3) is 4.21. The molecule has 4 aromatic rings. The van der Waals surface area contributed by atoms with Crippen molar-refractivity contribution in [1.29, 1.82) is 0 Å². The molecule has 0 aliphatic carbocycles. The molecule has 2 aromatic carbocycles. The molecule has 0 saturated carbocycles. The summed E-state index contributed by atoms with van der Waals surface area (Å²) >= 11 is 0. The molecule has 0 radical (unpaired) electrons. The molecule has 4 rings (SSSR count). The maximum absolute atomic E-state index is 11.2. The number of nitrogens with zero attached hydrogens (tertiary/aromatic N) is 2. The number of rotatable bonds is 6. The number of anilines is 3. The van der Waals surface area contributed by atoms with Crippen LogP contribution in [0.5, 0.6) is 0 Å². The second-order valence-corrected chi connectivity index (χ2v) is 5.91. The van der Waals surface area contributed by atoms with Gasteiger partial charge in [-0.25, -0.2) is 4.98 Å². The minimum absolute atomic E-state index is 0. The SMILES string of the molecule is Cl.NC(=O)c1ccc(Nc2nc(NCc3ccco3)c3ccccc3n2)cc1. The number of primary amides is 1. The Morgan fingerprint density at radius 1 is 1.00 bits per heavy atom. The van der Waals surface area contributed by atoms with E-state index in [1.54, 1.807) is 30.5 Å². The fourth-order valence-corrected chi connectivity index (χ4v) is 2.70. The largest absolute Gasteiger partial charge is 0.467 e. The topological polar surface area (TPSA) is 106 Å². The number of benzene rings is 2. The van der Waals surface area contributed by atoms with Crippen LogP contribution >= 0.6 is 12.4 Å². The number of carbonyl (C=O) groups is 1. The van der Waals surface area contributed by atoms with Gasteiger partial charge in [-0.3, -0.25) is 4.79 Å². The number of amides is 1. The van der Waals surface area contributed by atoms with E-state index in [-0.39, 0.29) is 12.4 Å². The van der Waals surface area contributed by atoms with Gasteiger partial charge in [0.25, 0.3) is 0 Å². The second kappa shape index (κ2) is 8.41. The van der Waals surface area contributed by atoms with Crippen LogP contribution in [-0.2, 0) is 6.54 Å². The lowest BCUT2D eigenvalue weighted by atomic mass is 10.2. The van der Waals surface area contributed by atoms with Crippen LogP contribution in [0, 0.1) is 0 Å². The average Bonchev–Trinajstić information content (AvgIpc) is 3.20. The molecule has 0 unspecified atom stereocenters. The minimum atomic E-state index is -0.465. The standard InChI is InChI=1S/C20H17N5O2.ClH/c21-18(26)13-7-9-14(10-8-13)23-20-24-17-6-2-1-5-16(17)19(25-20)22-12-15-4-3-11-27-15;/h1-11H,12H2,(H2,21,26)(H2,22,23,24,25);1H. The maximum atomic E-state index is 11.2. The molecule has 1 amide bonds. The van der Waals surface area contributed by atoms with Gasteiger partial charge in [-0.2, -0.15) is 4.98 Å². The molecule has 0 aliphatic rings. The summed E-state index contributed by atoms with van der Waals surface area (Å²) in [5.41, 5.74) is 7.28. The number of furan rings is 1. The summed E-state index contributed by atoms with van der Waals surface area (Å²) in [5, 5.41) is 7.37. The smallest absolute Gasteiger partial charge is 0.248 e. The van der Waals surface area contributed by atoms with Crippen LogP contribution in [-0.4, -0.2) is 15.9 Å². The lowest BCUT2D eigenvalue weighted by Crippen LogP contribution is -2.10. The van der Waals surface area contributed by atoms with Crippen LogP contribution < -0.4 is 16.4 Å². The summed E-state index contributed by atoms with van der Waals surface area (Å²) < 4.78 is 5.36. The van der Waals surface area contributed by atoms with Crippen LogP contribution in [0.2, 0.25) is 0 Å². The van der Waals surface area contributed by atoms with Crippen LogP contribution in [0.1, 0.15) is 16.1 Å². The van der Waals surface area contributed by atoms with Crippen molar-refractivity contribution in [3.63, 3.8) is 0 Å². The van der Waals surface area contributed by atoms with Crippen molar-refractivity contribution in [2.45, 2.75) is 6.54 Å². The van der Waals surface area contributed by atoms with Gasteiger partial charge in [0, 0.05) is 16.6 Å². The normalized spacial score (nSPS) is 10.3. The van der Waals surface area contributed by atoms with Crippen molar-refractivity contribution in [3.05, 3.63) is 78.3 Å². The number of hydrogen-bond acceptors (Lipinski definition) is 6. The van der Waals surface area contributed by atoms with E-state index in [4.69, 9.17) is 10.2 Å². The van der Waals surface area contributed by atoms with E-state index in [0.717, 1.165) is 22.4 Å². The molecular formula is C20H18ClN5O2. The van der Waals surface area contributed by atoms with Crippen LogP contribution in [0.4, 0.5) is 17.5 Å². The van der Waals surface area contributed by atoms with E-state index >= 15 is 0 Å². The molecule has 0 bridgehead atoms. The lowest BCUT2D eigenvalue weighted by Gasteiger charge is -2.11. The fraction of sp³-hybridized carbons (Fsp3) is 0.0500. The third-order valence-electron chi connectivity index (χ3n) is 4.04. The molecule has 7 nitrogen and oxygen atoms in total. The van der Waals surface area contributed by atoms with Crippen molar-refractivity contribution in [2.24, 2.45) is 5.73 Å². The Bertz CT molecular complexity index is 1080. The van der Waals surface area contributed by atoms with Crippen molar-refractivity contribution >= 4 is 46.7 Å². The van der Waals surface area contributed by atoms with Crippen molar-refractivity contribution < 1.29 is 9.21 Å². The summed E-state index contributed by atoms with van der Waals surface area (Å²) in [4.78, 5) is 20.3. The summed E-state index contributed by atoms with van der Waals surface area (Å²) in [6.07, 6.45) is 1.64. The highest BCUT2D eigenvalue weighted by Gasteiger charge is 2.09. The van der Waals surface area contributed by atoms with Crippen LogP contribution in [0.25, 0.3) is 10.9 Å². The molecule has 142 valence electrons. The van der Waals surface area contributed by atoms with Crippen LogP contribution in [0.3, 0.4) is 0 Å². The summed E-state index contributed by atoms with van der Waals surface area (Å²) in [5.74, 6) is 1.50. The Kier molecular flexibility index (Phi) is 5.76. The van der Waals surface area contributed by atoms with Gasteiger partial charge in [-0.15, -0.1) is 12.4 Å². The van der Waals surface area contributed by atoms with Crippen molar-refractivity contribution in [3.8, 4) is 0 Å². The van der Waals surface area contributed by atoms with Gasteiger partial charge in [0.1, 0.15) is 11.6 Å². The average molecular weight is 396 g/mol. The van der Waals surface area contributed by atoms with E-state index in [2.05, 4.69) is 20.6 Å². The number of aromatic nitrogens is 2. The number of nitrogens with one attached hydrogen (secondary N) is 2. The zero-order chi connectivity index (χ0) is 18.6. The zero-order valence-electron chi connectivity index (χ0n) is 14.8. The molecular weight excluding hydrogens is 378 g/mol. The highest BCUT2D eigenvalue weighted by atomic mass is 35.5. The Morgan fingerprint density at radius 2 is 1.79 bits per heavy atom. The first-order valence-electron chi connectivity index (χ1n) is 8.39. The molecule has 4 N–H and O–H groups in total. The molecule has 0 atom stereocenters. The third-order valence-corrected chi connectivity index (χ3v) is 4.04. The predicted octanol–water partition coefficient (Wildman–Crippen LogP) is 4.10. The zero-order valence-corrected chi connectivity index (χ0v) is 15.6. The Morgan fingerprint density at radius 3 is 2.50 bits per heavy atom. The molecule has 2 aromatic heterocycles. The number of para-hydroxylation sites is 1. The lowest BCUT2D eigenvalue weighted by molar-refractivity contribution is 0.100. The molecule has 0 spiro atoms. The minimum Gasteiger partial charge on any atom is -0.467 e. The predicted molar refractivity (Wildman–Crippen MR) is 111 cm³/mol. The summed E-state index contributed by atoms with van der Waals surface area (Å²) in [7, 11) is 0. The summed E-state index contributed by atoms with van der Waals surface area (Å²) in [6, 6.07) is 18.3. The quantitative estimate of drug-likeness (QED) is 0.454. The second-order valence-electron chi connectivity index (χ2n) is 5.91. The van der Waals surface area contributed by atoms with E-state index in [1.165, 1.54) is 0 Å². The van der Waals surface area contributed by atoms with Crippen molar-refractivity contribution in [2.75, 3.05) is 10.6 Å². The fourth-order valence-electron chi connectivity index (χ4n) is 2.70. The van der Waals surface area contributed by atoms with Crippen molar-refractivity contribution in [1.82, 2.24) is 9.97 Å². The van der Waals surface area contributed by atoms with Gasteiger partial charge in [0.15, 0.2) is 0 Å². The number of halogens is 1. The van der Waals surface area contributed by atoms with E-state index in [1.807, 2.05) is 36.4 Å². The van der Waals surface area contributed by atoms with Gasteiger partial charge in [-0.05, 0) is 48.5 Å². The van der Waals surface area contributed by atoms with Gasteiger partial charge in [-0.1, -0.05) is 12.1 Å². The highest BCUT2D eigenvalue weighted by molar-refractivity contribution is 5.93. The molecule has 0 fully saturated rings. The monoisotopic (exact) mass is 395 g/mol. The number of carbonyl (C=O) groups excluding carboxylic acids is 1. The Hall–Kier alpha value is -3.58. The van der Waals surface area contributed by atoms with E-state index in [0.29, 0.717) is 23.9 Å². The maximum Gasteiger partial charge on any atom is 0.248 e. The molecule has 28 heavy (non-hydrogen) atoms. The van der Waals surface area contributed by atoms with Crippen LogP contribution in [0.15, 0.2) is 71.3 Å². The highest BCUT2D eigenvalue weighted by Crippen LogP contribution is 2.24. The Labute approximate surface area is 167 Å². The molecule has 0 saturated heterocycles. The van der Waals surface area contributed by atoms with Gasteiger partial charge in [0.2, 0.25) is 11.9 Å².